The van der Waals surface area contributed by atoms with Gasteiger partial charge in [0.05, 0.1) is 0 Å². The first-order valence-electron chi connectivity index (χ1n) is 2.82. The van der Waals surface area contributed by atoms with Crippen LogP contribution in [0.15, 0.2) is 0 Å². The van der Waals surface area contributed by atoms with Crippen LogP contribution in [-0.4, -0.2) is 13.0 Å². The van der Waals surface area contributed by atoms with Crippen LogP contribution in [0.4, 0.5) is 0 Å². The fourth-order valence-electron chi connectivity index (χ4n) is 0.394. The van der Waals surface area contributed by atoms with Crippen molar-refractivity contribution >= 4 is 16.0 Å². The van der Waals surface area contributed by atoms with Crippen LogP contribution in [0.25, 0.3) is 0 Å². The van der Waals surface area contributed by atoms with Crippen LogP contribution in [-0.2, 0) is 24.3 Å². The van der Waals surface area contributed by atoms with Crippen molar-refractivity contribution in [1.82, 2.24) is 0 Å². The minimum atomic E-state index is 0. The molecule has 0 fully saturated rings. The smallest absolute Gasteiger partial charge is 0.281 e. The molecule has 1 unspecified atom stereocenters. The zero-order valence-electron chi connectivity index (χ0n) is 5.65. The molecule has 0 spiro atoms. The topological polar surface area (TPSA) is 17.1 Å². The Balaban J connectivity index is -0.000000109. The minimum Gasteiger partial charge on any atom is -0.281 e. The van der Waals surface area contributed by atoms with Crippen molar-refractivity contribution in [3.05, 3.63) is 0 Å². The molecule has 0 aromatic carbocycles. The van der Waals surface area contributed by atoms with Crippen molar-refractivity contribution < 1.29 is 24.3 Å². The fourth-order valence-corrected chi connectivity index (χ4v) is 0.683. The van der Waals surface area contributed by atoms with Gasteiger partial charge in [-0.15, -0.1) is 9.24 Å². The van der Waals surface area contributed by atoms with Gasteiger partial charge in [-0.1, -0.05) is 19.8 Å². The van der Waals surface area contributed by atoms with Gasteiger partial charge in [0.2, 0.25) is 0 Å². The molecular weight excluding hydrogens is 222 g/mol. The second-order valence-corrected chi connectivity index (χ2v) is 2.07. The Labute approximate surface area is 72.9 Å². The van der Waals surface area contributed by atoms with E-state index in [2.05, 4.69) is 23.0 Å². The summed E-state index contributed by atoms with van der Waals surface area (Å²) in [5.41, 5.74) is 0. The molecule has 0 aromatic heterocycles. The van der Waals surface area contributed by atoms with Crippen molar-refractivity contribution in [1.29, 1.82) is 0 Å². The molecule has 3 radical (unpaired) electrons. The summed E-state index contributed by atoms with van der Waals surface area (Å²) in [4.78, 5) is 7.50. The van der Waals surface area contributed by atoms with Crippen molar-refractivity contribution in [3.63, 3.8) is 0 Å². The molecule has 0 aliphatic carbocycles. The molecule has 0 bridgehead atoms. The maximum Gasteiger partial charge on any atom is 0.281 e. The van der Waals surface area contributed by atoms with Gasteiger partial charge in [0.1, 0.15) is 0 Å². The summed E-state index contributed by atoms with van der Waals surface area (Å²) in [6, 6.07) is 0. The largest absolute Gasteiger partial charge is 0.281 e. The van der Waals surface area contributed by atoms with Crippen LogP contribution in [0, 0.1) is 0 Å². The quantitative estimate of drug-likeness (QED) is 0.413. The molecule has 0 aliphatic heterocycles. The summed E-state index contributed by atoms with van der Waals surface area (Å²) < 4.78 is 0. The third-order valence-electron chi connectivity index (χ3n) is 0.808. The Bertz CT molecular complexity index is 32.2. The van der Waals surface area contributed by atoms with Crippen molar-refractivity contribution in [3.8, 4) is 0 Å². The summed E-state index contributed by atoms with van der Waals surface area (Å²) in [6.07, 6.45) is 5.38. The Morgan fingerprint density at radius 2 is 1.78 bits per heavy atom. The summed E-state index contributed by atoms with van der Waals surface area (Å²) in [7, 11) is 2.73. The van der Waals surface area contributed by atoms with E-state index < -0.39 is 0 Å². The molecule has 57 valence electrons. The van der Waals surface area contributed by atoms with Gasteiger partial charge in [-0.2, -0.15) is 0 Å². The third-order valence-corrected chi connectivity index (χ3v) is 1.22. The number of unbranched alkanes of at least 4 members (excludes halogenated alkanes) is 2. The second-order valence-electron chi connectivity index (χ2n) is 1.50. The Morgan fingerprint density at radius 3 is 1.89 bits per heavy atom. The van der Waals surface area contributed by atoms with Crippen LogP contribution in [0.3, 0.4) is 0 Å². The first kappa shape index (κ1) is 16.4. The summed E-state index contributed by atoms with van der Waals surface area (Å²) in [5.74, 6) is 0. The van der Waals surface area contributed by atoms with E-state index in [1.165, 1.54) is 25.4 Å². The van der Waals surface area contributed by atoms with Crippen LogP contribution in [0.5, 0.6) is 0 Å². The molecule has 9 heavy (non-hydrogen) atoms. The van der Waals surface area contributed by atoms with E-state index in [0.717, 1.165) is 0 Å². The monoisotopic (exact) mass is 235 g/mol. The molecule has 0 N–H and O–H groups in total. The zero-order valence-corrected chi connectivity index (χ0v) is 8.44. The van der Waals surface area contributed by atoms with Gasteiger partial charge < -0.3 is 0 Å². The predicted octanol–water partition coefficient (Wildman–Crippen LogP) is 1.65. The van der Waals surface area contributed by atoms with Gasteiger partial charge in [0, 0.05) is 19.5 Å². The maximum atomic E-state index is 7.50. The van der Waals surface area contributed by atoms with E-state index in [-0.39, 0.29) is 19.5 Å². The molecule has 0 aromatic rings. The van der Waals surface area contributed by atoms with Gasteiger partial charge in [0.25, 0.3) is 6.79 Å². The van der Waals surface area contributed by atoms with Gasteiger partial charge in [-0.25, -0.2) is 0 Å². The Morgan fingerprint density at radius 1 is 1.33 bits per heavy atom. The SMILES string of the molecule is CCCCCP.[C]=O.[Rh]. The molecule has 0 saturated carbocycles. The van der Waals surface area contributed by atoms with E-state index in [1.807, 2.05) is 0 Å². The van der Waals surface area contributed by atoms with E-state index >= 15 is 0 Å². The average Bonchev–Trinajstić information content (AvgIpc) is 1.88. The van der Waals surface area contributed by atoms with Gasteiger partial charge >= 0.3 is 0 Å². The molecule has 0 heterocycles. The van der Waals surface area contributed by atoms with Crippen molar-refractivity contribution in [2.75, 3.05) is 6.16 Å². The van der Waals surface area contributed by atoms with E-state index in [4.69, 9.17) is 4.79 Å². The van der Waals surface area contributed by atoms with Crippen molar-refractivity contribution in [2.24, 2.45) is 0 Å². The van der Waals surface area contributed by atoms with Crippen LogP contribution < -0.4 is 0 Å². The van der Waals surface area contributed by atoms with Gasteiger partial charge in [0.15, 0.2) is 0 Å². The third kappa shape index (κ3) is 28.4. The number of hydrogen-bond acceptors (Lipinski definition) is 1. The predicted molar refractivity (Wildman–Crippen MR) is 39.8 cm³/mol. The maximum absolute atomic E-state index is 7.50. The summed E-state index contributed by atoms with van der Waals surface area (Å²) >= 11 is 0. The van der Waals surface area contributed by atoms with E-state index in [0.29, 0.717) is 0 Å². The molecule has 3 heteroatoms. The second kappa shape index (κ2) is 23.3. The molecule has 0 amide bonds. The van der Waals surface area contributed by atoms with E-state index in [1.54, 1.807) is 0 Å². The van der Waals surface area contributed by atoms with Gasteiger partial charge in [-0.3, -0.25) is 4.79 Å². The number of rotatable bonds is 3. The van der Waals surface area contributed by atoms with E-state index in [9.17, 15) is 0 Å². The average molecular weight is 235 g/mol. The molecule has 0 saturated heterocycles. The minimum absolute atomic E-state index is 0. The number of carbonyl (C=O) groups excluding carboxylic acids is 1. The summed E-state index contributed by atoms with van der Waals surface area (Å²) in [5, 5.41) is 0. The Hall–Kier alpha value is 0.723. The molecule has 0 aliphatic rings. The number of hydrogen-bond donors (Lipinski definition) is 0. The van der Waals surface area contributed by atoms with Crippen LogP contribution in [0.2, 0.25) is 0 Å². The Kier molecular flexibility index (Phi) is 42.4. The molecule has 1 atom stereocenters. The first-order chi connectivity index (χ1) is 3.91. The normalized spacial score (nSPS) is 6.44. The van der Waals surface area contributed by atoms with Gasteiger partial charge in [-0.05, 0) is 12.6 Å². The fraction of sp³-hybridized carbons (Fsp3) is 0.833. The van der Waals surface area contributed by atoms with Crippen LogP contribution in [0.1, 0.15) is 26.2 Å². The van der Waals surface area contributed by atoms with Crippen molar-refractivity contribution in [2.45, 2.75) is 26.2 Å². The summed E-state index contributed by atoms with van der Waals surface area (Å²) in [6.45, 7) is 6.72. The zero-order chi connectivity index (χ0) is 6.83. The first-order valence-corrected chi connectivity index (χ1v) is 3.64. The molecule has 1 nitrogen and oxygen atoms in total. The molecular formula is C6H13OPRh. The molecule has 0 rings (SSSR count). The van der Waals surface area contributed by atoms with Crippen LogP contribution >= 0.6 is 9.24 Å². The standard InChI is InChI=1S/C5H13P.CO.Rh/c1-2-3-4-5-6;1-2;/h2-6H2,1H3;;.